The van der Waals surface area contributed by atoms with E-state index in [1.54, 1.807) is 16.4 Å². The molecule has 1 saturated heterocycles. The highest BCUT2D eigenvalue weighted by molar-refractivity contribution is 7.89. The number of carbonyl (C=O) groups is 1. The van der Waals surface area contributed by atoms with Gasteiger partial charge >= 0.3 is 0 Å². The molecule has 1 aromatic rings. The lowest BCUT2D eigenvalue weighted by Crippen LogP contribution is -2.32. The Morgan fingerprint density at radius 2 is 1.58 bits per heavy atom. The first-order valence-corrected chi connectivity index (χ1v) is 10.7. The Hall–Kier alpha value is -1.91. The van der Waals surface area contributed by atoms with Gasteiger partial charge in [-0.1, -0.05) is 25.7 Å². The van der Waals surface area contributed by atoms with Crippen LogP contribution in [0, 0.1) is 16.7 Å². The minimum Gasteiger partial charge on any atom is -0.325 e. The number of anilines is 1. The zero-order valence-corrected chi connectivity index (χ0v) is 15.7. The molecule has 1 saturated carbocycles. The topological polar surface area (TPSA) is 90.3 Å². The van der Waals surface area contributed by atoms with Crippen molar-refractivity contribution in [3.8, 4) is 6.07 Å². The SMILES string of the molecule is N#CC1(C(=O)Nc2ccc(S(=O)(=O)N3CCCCCC3)cc2)CCCC1. The molecule has 0 unspecified atom stereocenters. The molecule has 2 aliphatic rings. The van der Waals surface area contributed by atoms with Gasteiger partial charge in [0.05, 0.1) is 11.0 Å². The lowest BCUT2D eigenvalue weighted by molar-refractivity contribution is -0.122. The number of amides is 1. The van der Waals surface area contributed by atoms with E-state index in [2.05, 4.69) is 11.4 Å². The van der Waals surface area contributed by atoms with Crippen LogP contribution in [0.15, 0.2) is 29.2 Å². The fraction of sp³-hybridized carbons (Fsp3) is 0.579. The minimum atomic E-state index is -3.49. The summed E-state index contributed by atoms with van der Waals surface area (Å²) in [6.45, 7) is 1.12. The third kappa shape index (κ3) is 3.76. The quantitative estimate of drug-likeness (QED) is 0.874. The molecular formula is C19H25N3O3S. The molecule has 0 aromatic heterocycles. The van der Waals surface area contributed by atoms with Crippen molar-refractivity contribution in [3.63, 3.8) is 0 Å². The molecule has 140 valence electrons. The Labute approximate surface area is 155 Å². The maximum Gasteiger partial charge on any atom is 0.244 e. The van der Waals surface area contributed by atoms with Crippen LogP contribution in [0.25, 0.3) is 0 Å². The summed E-state index contributed by atoms with van der Waals surface area (Å²) in [6.07, 6.45) is 6.85. The van der Waals surface area contributed by atoms with E-state index in [4.69, 9.17) is 0 Å². The number of nitriles is 1. The maximum atomic E-state index is 12.8. The highest BCUT2D eigenvalue weighted by atomic mass is 32.2. The van der Waals surface area contributed by atoms with Gasteiger partial charge < -0.3 is 5.32 Å². The Bertz CT molecular complexity index is 782. The van der Waals surface area contributed by atoms with Crippen LogP contribution in [0.1, 0.15) is 51.4 Å². The molecular weight excluding hydrogens is 350 g/mol. The van der Waals surface area contributed by atoms with Crippen molar-refractivity contribution in [1.29, 1.82) is 5.26 Å². The summed E-state index contributed by atoms with van der Waals surface area (Å²) in [5.74, 6) is -0.291. The molecule has 1 N–H and O–H groups in total. The van der Waals surface area contributed by atoms with Crippen LogP contribution >= 0.6 is 0 Å². The van der Waals surface area contributed by atoms with E-state index in [0.29, 0.717) is 31.6 Å². The summed E-state index contributed by atoms with van der Waals surface area (Å²) in [5.41, 5.74) is -0.428. The summed E-state index contributed by atoms with van der Waals surface area (Å²) in [6, 6.07) is 8.43. The molecule has 2 fully saturated rings. The van der Waals surface area contributed by atoms with Crippen LogP contribution in [-0.2, 0) is 14.8 Å². The van der Waals surface area contributed by atoms with Crippen LogP contribution in [-0.4, -0.2) is 31.7 Å². The Morgan fingerprint density at radius 3 is 2.12 bits per heavy atom. The second-order valence-electron chi connectivity index (χ2n) is 7.20. The molecule has 1 aliphatic carbocycles. The standard InChI is InChI=1S/C19H25N3O3S/c20-15-19(11-3-4-12-19)18(23)21-16-7-9-17(10-8-16)26(24,25)22-13-5-1-2-6-14-22/h7-10H,1-6,11-14H2,(H,21,23). The Balaban J connectivity index is 1.72. The van der Waals surface area contributed by atoms with Gasteiger partial charge in [0.1, 0.15) is 5.41 Å². The van der Waals surface area contributed by atoms with Crippen molar-refractivity contribution in [2.45, 2.75) is 56.3 Å². The van der Waals surface area contributed by atoms with Crippen molar-refractivity contribution in [1.82, 2.24) is 4.31 Å². The normalized spacial score (nSPS) is 20.9. The van der Waals surface area contributed by atoms with Gasteiger partial charge in [0.25, 0.3) is 0 Å². The average Bonchev–Trinajstić information content (AvgIpc) is 2.97. The molecule has 1 amide bonds. The summed E-state index contributed by atoms with van der Waals surface area (Å²) < 4.78 is 27.1. The Morgan fingerprint density at radius 1 is 1.00 bits per heavy atom. The maximum absolute atomic E-state index is 12.8. The molecule has 3 rings (SSSR count). The van der Waals surface area contributed by atoms with Crippen LogP contribution in [0.3, 0.4) is 0 Å². The number of hydrogen-bond acceptors (Lipinski definition) is 4. The fourth-order valence-corrected chi connectivity index (χ4v) is 5.28. The van der Waals surface area contributed by atoms with Gasteiger partial charge in [-0.3, -0.25) is 4.79 Å². The van der Waals surface area contributed by atoms with Crippen molar-refractivity contribution in [2.75, 3.05) is 18.4 Å². The van der Waals surface area contributed by atoms with Crippen molar-refractivity contribution in [2.24, 2.45) is 5.41 Å². The molecule has 1 heterocycles. The van der Waals surface area contributed by atoms with Crippen molar-refractivity contribution >= 4 is 21.6 Å². The number of benzene rings is 1. The van der Waals surface area contributed by atoms with E-state index in [-0.39, 0.29) is 10.8 Å². The van der Waals surface area contributed by atoms with E-state index in [9.17, 15) is 18.5 Å². The minimum absolute atomic E-state index is 0.244. The first-order chi connectivity index (χ1) is 12.5. The van der Waals surface area contributed by atoms with Gasteiger partial charge in [0.15, 0.2) is 0 Å². The van der Waals surface area contributed by atoms with E-state index < -0.39 is 15.4 Å². The highest BCUT2D eigenvalue weighted by Gasteiger charge is 2.41. The van der Waals surface area contributed by atoms with E-state index in [1.165, 1.54) is 12.1 Å². The summed E-state index contributed by atoms with van der Waals surface area (Å²) in [5, 5.41) is 12.2. The van der Waals surface area contributed by atoms with Gasteiger partial charge in [-0.05, 0) is 49.9 Å². The molecule has 0 bridgehead atoms. The molecule has 1 aromatic carbocycles. The first-order valence-electron chi connectivity index (χ1n) is 9.31. The van der Waals surface area contributed by atoms with E-state index in [0.717, 1.165) is 38.5 Å². The monoisotopic (exact) mass is 375 g/mol. The second-order valence-corrected chi connectivity index (χ2v) is 9.14. The zero-order valence-electron chi connectivity index (χ0n) is 14.9. The molecule has 1 aliphatic heterocycles. The number of rotatable bonds is 4. The number of hydrogen-bond donors (Lipinski definition) is 1. The lowest BCUT2D eigenvalue weighted by Gasteiger charge is -2.21. The lowest BCUT2D eigenvalue weighted by atomic mass is 9.87. The van der Waals surface area contributed by atoms with Crippen molar-refractivity contribution < 1.29 is 13.2 Å². The number of nitrogens with zero attached hydrogens (tertiary/aromatic N) is 2. The average molecular weight is 375 g/mol. The molecule has 0 atom stereocenters. The third-order valence-electron chi connectivity index (χ3n) is 5.42. The molecule has 26 heavy (non-hydrogen) atoms. The van der Waals surface area contributed by atoms with E-state index >= 15 is 0 Å². The van der Waals surface area contributed by atoms with Gasteiger partial charge in [-0.15, -0.1) is 0 Å². The van der Waals surface area contributed by atoms with Gasteiger partial charge in [0, 0.05) is 18.8 Å². The predicted octanol–water partition coefficient (Wildman–Crippen LogP) is 3.27. The molecule has 6 nitrogen and oxygen atoms in total. The Kier molecular flexibility index (Phi) is 5.64. The largest absolute Gasteiger partial charge is 0.325 e. The second kappa shape index (κ2) is 7.77. The van der Waals surface area contributed by atoms with Crippen LogP contribution in [0.4, 0.5) is 5.69 Å². The van der Waals surface area contributed by atoms with Gasteiger partial charge in [-0.2, -0.15) is 9.57 Å². The molecule has 0 spiro atoms. The highest BCUT2D eigenvalue weighted by Crippen LogP contribution is 2.38. The summed E-state index contributed by atoms with van der Waals surface area (Å²) in [4.78, 5) is 12.7. The van der Waals surface area contributed by atoms with Crippen LogP contribution < -0.4 is 5.32 Å². The number of sulfonamides is 1. The number of nitrogens with one attached hydrogen (secondary N) is 1. The summed E-state index contributed by atoms with van der Waals surface area (Å²) in [7, 11) is -3.49. The van der Waals surface area contributed by atoms with Crippen LogP contribution in [0.2, 0.25) is 0 Å². The van der Waals surface area contributed by atoms with Crippen molar-refractivity contribution in [3.05, 3.63) is 24.3 Å². The first kappa shape index (κ1) is 18.9. The van der Waals surface area contributed by atoms with Gasteiger partial charge in [-0.25, -0.2) is 8.42 Å². The smallest absolute Gasteiger partial charge is 0.244 e. The predicted molar refractivity (Wildman–Crippen MR) is 98.8 cm³/mol. The fourth-order valence-electron chi connectivity index (χ4n) is 3.76. The summed E-state index contributed by atoms with van der Waals surface area (Å²) >= 11 is 0. The molecule has 7 heteroatoms. The molecule has 0 radical (unpaired) electrons. The number of carbonyl (C=O) groups excluding carboxylic acids is 1. The van der Waals surface area contributed by atoms with E-state index in [1.807, 2.05) is 0 Å². The van der Waals surface area contributed by atoms with Gasteiger partial charge in [0.2, 0.25) is 15.9 Å². The van der Waals surface area contributed by atoms with Crippen LogP contribution in [0.5, 0.6) is 0 Å². The third-order valence-corrected chi connectivity index (χ3v) is 7.33. The zero-order chi connectivity index (χ0) is 18.6.